The van der Waals surface area contributed by atoms with Crippen molar-refractivity contribution in [3.63, 3.8) is 0 Å². The van der Waals surface area contributed by atoms with Crippen LogP contribution in [0.1, 0.15) is 57.1 Å². The van der Waals surface area contributed by atoms with E-state index in [0.717, 1.165) is 37.9 Å². The Labute approximate surface area is 193 Å². The lowest BCUT2D eigenvalue weighted by Gasteiger charge is -2.30. The normalized spacial score (nSPS) is 27.7. The molecule has 0 amide bonds. The number of rotatable bonds is 6. The number of hydrogen-bond acceptors (Lipinski definition) is 3. The number of ether oxygens (including phenoxy) is 1. The molecule has 3 aliphatic heterocycles. The van der Waals surface area contributed by atoms with Crippen molar-refractivity contribution in [2.45, 2.75) is 77.3 Å². The van der Waals surface area contributed by atoms with E-state index in [9.17, 15) is 0 Å². The van der Waals surface area contributed by atoms with Crippen LogP contribution >= 0.6 is 24.0 Å². The van der Waals surface area contributed by atoms with Crippen molar-refractivity contribution in [1.29, 1.82) is 0 Å². The maximum atomic E-state index is 5.99. The molecule has 5 nitrogen and oxygen atoms in total. The molecule has 0 radical (unpaired) electrons. The smallest absolute Gasteiger partial charge is 0.191 e. The number of fused-ring (bicyclic) bond motifs is 2. The van der Waals surface area contributed by atoms with Crippen molar-refractivity contribution >= 4 is 29.9 Å². The van der Waals surface area contributed by atoms with Crippen LogP contribution < -0.4 is 10.6 Å². The Bertz CT molecular complexity index is 675. The highest BCUT2D eigenvalue weighted by Crippen LogP contribution is 2.34. The van der Waals surface area contributed by atoms with Crippen molar-refractivity contribution < 1.29 is 4.74 Å². The Balaban J connectivity index is 0.00000240. The predicted octanol–water partition coefficient (Wildman–Crippen LogP) is 3.91. The minimum absolute atomic E-state index is 0. The van der Waals surface area contributed by atoms with Crippen LogP contribution in [-0.2, 0) is 17.8 Å². The summed E-state index contributed by atoms with van der Waals surface area (Å²) < 4.78 is 5.99. The molecule has 2 N–H and O–H groups in total. The number of aliphatic imine (C=N–C) groups is 1. The Kier molecular flexibility index (Phi) is 8.62. The Morgan fingerprint density at radius 1 is 1.14 bits per heavy atom. The summed E-state index contributed by atoms with van der Waals surface area (Å²) in [5, 5.41) is 7.05. The van der Waals surface area contributed by atoms with Gasteiger partial charge in [0.2, 0.25) is 0 Å². The van der Waals surface area contributed by atoms with Gasteiger partial charge in [-0.3, -0.25) is 4.90 Å². The first kappa shape index (κ1) is 22.8. The predicted molar refractivity (Wildman–Crippen MR) is 130 cm³/mol. The standard InChI is InChI=1S/C23H36N4O.HI/c1-3-24-23(26-21-14-20-8-9-22(21)28-20)25-15-18-6-4-5-7-19(18)16-27-12-10-17(2)11-13-27;/h4-7,17,20-22H,3,8-16H2,1-2H3,(H2,24,25,26);1H. The molecular formula is C23H37IN4O. The fourth-order valence-electron chi connectivity index (χ4n) is 4.78. The molecule has 3 saturated heterocycles. The number of nitrogens with zero attached hydrogens (tertiary/aromatic N) is 2. The van der Waals surface area contributed by atoms with Crippen LogP contribution in [0.4, 0.5) is 0 Å². The van der Waals surface area contributed by atoms with Crippen LogP contribution in [0.3, 0.4) is 0 Å². The van der Waals surface area contributed by atoms with Crippen LogP contribution in [0.2, 0.25) is 0 Å². The van der Waals surface area contributed by atoms with Gasteiger partial charge in [-0.2, -0.15) is 0 Å². The molecule has 1 aromatic rings. The van der Waals surface area contributed by atoms with Gasteiger partial charge < -0.3 is 15.4 Å². The second-order valence-electron chi connectivity index (χ2n) is 8.78. The average molecular weight is 512 g/mol. The van der Waals surface area contributed by atoms with Gasteiger partial charge in [0.05, 0.1) is 24.8 Å². The van der Waals surface area contributed by atoms with Gasteiger partial charge in [-0.05, 0) is 69.2 Å². The van der Waals surface area contributed by atoms with E-state index in [1.807, 2.05) is 0 Å². The first-order valence-electron chi connectivity index (χ1n) is 11.2. The number of guanidine groups is 1. The topological polar surface area (TPSA) is 48.9 Å². The lowest BCUT2D eigenvalue weighted by atomic mass is 9.96. The largest absolute Gasteiger partial charge is 0.373 e. The van der Waals surface area contributed by atoms with E-state index < -0.39 is 0 Å². The van der Waals surface area contributed by atoms with E-state index in [1.165, 1.54) is 49.9 Å². The van der Waals surface area contributed by atoms with Gasteiger partial charge in [-0.15, -0.1) is 24.0 Å². The van der Waals surface area contributed by atoms with Crippen LogP contribution in [0.25, 0.3) is 0 Å². The van der Waals surface area contributed by atoms with Gasteiger partial charge in [-0.25, -0.2) is 4.99 Å². The molecule has 3 heterocycles. The summed E-state index contributed by atoms with van der Waals surface area (Å²) in [7, 11) is 0. The molecule has 2 bridgehead atoms. The van der Waals surface area contributed by atoms with E-state index in [1.54, 1.807) is 0 Å². The van der Waals surface area contributed by atoms with E-state index in [4.69, 9.17) is 9.73 Å². The Morgan fingerprint density at radius 2 is 1.90 bits per heavy atom. The Morgan fingerprint density at radius 3 is 2.55 bits per heavy atom. The highest BCUT2D eigenvalue weighted by molar-refractivity contribution is 14.0. The van der Waals surface area contributed by atoms with Gasteiger partial charge in [0.1, 0.15) is 0 Å². The molecule has 0 saturated carbocycles. The average Bonchev–Trinajstić information content (AvgIpc) is 3.32. The molecule has 0 spiro atoms. The number of piperidine rings is 1. The molecule has 0 aromatic heterocycles. The monoisotopic (exact) mass is 512 g/mol. The van der Waals surface area contributed by atoms with Gasteiger partial charge in [0, 0.05) is 13.1 Å². The van der Waals surface area contributed by atoms with Crippen LogP contribution in [0, 0.1) is 5.92 Å². The zero-order valence-electron chi connectivity index (χ0n) is 17.9. The molecule has 162 valence electrons. The summed E-state index contributed by atoms with van der Waals surface area (Å²) in [6, 6.07) is 9.20. The van der Waals surface area contributed by atoms with Crippen LogP contribution in [0.15, 0.2) is 29.3 Å². The molecule has 6 heteroatoms. The van der Waals surface area contributed by atoms with E-state index in [2.05, 4.69) is 53.6 Å². The van der Waals surface area contributed by atoms with Gasteiger partial charge in [0.15, 0.2) is 5.96 Å². The van der Waals surface area contributed by atoms with E-state index in [-0.39, 0.29) is 24.0 Å². The number of hydrogen-bond donors (Lipinski definition) is 2. The summed E-state index contributed by atoms with van der Waals surface area (Å²) in [5.74, 6) is 1.80. The van der Waals surface area contributed by atoms with Gasteiger partial charge in [-0.1, -0.05) is 31.2 Å². The fourth-order valence-corrected chi connectivity index (χ4v) is 4.78. The number of benzene rings is 1. The highest BCUT2D eigenvalue weighted by atomic mass is 127. The van der Waals surface area contributed by atoms with Crippen molar-refractivity contribution in [3.8, 4) is 0 Å². The quantitative estimate of drug-likeness (QED) is 0.345. The molecule has 0 aliphatic carbocycles. The summed E-state index contributed by atoms with van der Waals surface area (Å²) in [6.07, 6.45) is 6.97. The molecular weight excluding hydrogens is 475 g/mol. The molecule has 3 unspecified atom stereocenters. The van der Waals surface area contributed by atoms with Crippen molar-refractivity contribution in [1.82, 2.24) is 15.5 Å². The van der Waals surface area contributed by atoms with Crippen molar-refractivity contribution in [2.75, 3.05) is 19.6 Å². The van der Waals surface area contributed by atoms with E-state index >= 15 is 0 Å². The summed E-state index contributed by atoms with van der Waals surface area (Å²) in [5.41, 5.74) is 2.75. The van der Waals surface area contributed by atoms with Gasteiger partial charge >= 0.3 is 0 Å². The minimum atomic E-state index is 0. The van der Waals surface area contributed by atoms with Crippen LogP contribution in [0.5, 0.6) is 0 Å². The molecule has 4 rings (SSSR count). The first-order valence-corrected chi connectivity index (χ1v) is 11.2. The third kappa shape index (κ3) is 6.07. The number of halogens is 1. The number of likely N-dealkylation sites (tertiary alicyclic amines) is 1. The molecule has 29 heavy (non-hydrogen) atoms. The summed E-state index contributed by atoms with van der Waals surface area (Å²) in [4.78, 5) is 7.51. The third-order valence-electron chi connectivity index (χ3n) is 6.57. The van der Waals surface area contributed by atoms with Crippen molar-refractivity contribution in [3.05, 3.63) is 35.4 Å². The molecule has 3 aliphatic rings. The second kappa shape index (κ2) is 11.0. The SMILES string of the molecule is CCNC(=NCc1ccccc1CN1CCC(C)CC1)NC1CC2CCC1O2.I. The van der Waals surface area contributed by atoms with Crippen LogP contribution in [-0.4, -0.2) is 48.7 Å². The molecule has 1 aromatic carbocycles. The van der Waals surface area contributed by atoms with Gasteiger partial charge in [0.25, 0.3) is 0 Å². The molecule has 3 fully saturated rings. The second-order valence-corrected chi connectivity index (χ2v) is 8.78. The fraction of sp³-hybridized carbons (Fsp3) is 0.696. The first-order chi connectivity index (χ1) is 13.7. The third-order valence-corrected chi connectivity index (χ3v) is 6.57. The zero-order chi connectivity index (χ0) is 19.3. The zero-order valence-corrected chi connectivity index (χ0v) is 20.2. The maximum Gasteiger partial charge on any atom is 0.191 e. The lowest BCUT2D eigenvalue weighted by molar-refractivity contribution is 0.0992. The lowest BCUT2D eigenvalue weighted by Crippen LogP contribution is -2.47. The maximum absolute atomic E-state index is 5.99. The summed E-state index contributed by atoms with van der Waals surface area (Å²) >= 11 is 0. The Hall–Kier alpha value is -0.860. The minimum Gasteiger partial charge on any atom is -0.373 e. The van der Waals surface area contributed by atoms with Crippen molar-refractivity contribution in [2.24, 2.45) is 10.9 Å². The highest BCUT2D eigenvalue weighted by Gasteiger charge is 2.41. The molecule has 3 atom stereocenters. The summed E-state index contributed by atoms with van der Waals surface area (Å²) in [6.45, 7) is 9.57. The van der Waals surface area contributed by atoms with E-state index in [0.29, 0.717) is 18.2 Å². The number of nitrogens with one attached hydrogen (secondary N) is 2.